The van der Waals surface area contributed by atoms with Crippen molar-refractivity contribution in [2.24, 2.45) is 5.73 Å². The maximum Gasteiger partial charge on any atom is 0.123 e. The van der Waals surface area contributed by atoms with E-state index >= 15 is 0 Å². The van der Waals surface area contributed by atoms with Gasteiger partial charge in [-0.2, -0.15) is 0 Å². The van der Waals surface area contributed by atoms with Gasteiger partial charge in [-0.25, -0.2) is 4.39 Å². The Bertz CT molecular complexity index is 738. The molecular formula is C17H15FN2S. The molecule has 2 nitrogen and oxygen atoms in total. The van der Waals surface area contributed by atoms with Crippen LogP contribution in [0.2, 0.25) is 0 Å². The van der Waals surface area contributed by atoms with Crippen molar-refractivity contribution in [2.45, 2.75) is 10.9 Å². The minimum atomic E-state index is -0.219. The number of pyridine rings is 1. The number of nitrogens with two attached hydrogens (primary N) is 1. The van der Waals surface area contributed by atoms with Gasteiger partial charge in [0, 0.05) is 28.3 Å². The number of rotatable bonds is 4. The largest absolute Gasteiger partial charge is 0.323 e. The lowest BCUT2D eigenvalue weighted by molar-refractivity contribution is 0.626. The predicted molar refractivity (Wildman–Crippen MR) is 85.8 cm³/mol. The predicted octanol–water partition coefficient (Wildman–Crippen LogP) is 4.17. The van der Waals surface area contributed by atoms with Crippen molar-refractivity contribution in [1.29, 1.82) is 0 Å². The quantitative estimate of drug-likeness (QED) is 0.735. The molecule has 0 bridgehead atoms. The van der Waals surface area contributed by atoms with E-state index in [4.69, 9.17) is 5.73 Å². The van der Waals surface area contributed by atoms with Crippen molar-refractivity contribution < 1.29 is 4.39 Å². The maximum atomic E-state index is 12.9. The highest BCUT2D eigenvalue weighted by atomic mass is 32.2. The summed E-state index contributed by atoms with van der Waals surface area (Å²) in [6.07, 6.45) is 1.78. The fourth-order valence-electron chi connectivity index (χ4n) is 2.26. The topological polar surface area (TPSA) is 38.9 Å². The summed E-state index contributed by atoms with van der Waals surface area (Å²) in [5.41, 5.74) is 8.36. The SMILES string of the molecule is NC(CSc1ccc(F)cc1)c1cccc2ncccc12. The second kappa shape index (κ2) is 6.24. The number of nitrogens with zero attached hydrogens (tertiary/aromatic N) is 1. The van der Waals surface area contributed by atoms with E-state index in [0.717, 1.165) is 27.1 Å². The Morgan fingerprint density at radius 1 is 1.05 bits per heavy atom. The zero-order chi connectivity index (χ0) is 14.7. The highest BCUT2D eigenvalue weighted by molar-refractivity contribution is 7.99. The van der Waals surface area contributed by atoms with Crippen LogP contribution in [-0.4, -0.2) is 10.7 Å². The van der Waals surface area contributed by atoms with Crippen molar-refractivity contribution in [1.82, 2.24) is 4.98 Å². The summed E-state index contributed by atoms with van der Waals surface area (Å²) in [4.78, 5) is 5.37. The van der Waals surface area contributed by atoms with Crippen molar-refractivity contribution in [2.75, 3.05) is 5.75 Å². The number of hydrogen-bond acceptors (Lipinski definition) is 3. The van der Waals surface area contributed by atoms with Crippen LogP contribution in [0, 0.1) is 5.82 Å². The third kappa shape index (κ3) is 3.23. The first-order chi connectivity index (χ1) is 10.2. The minimum Gasteiger partial charge on any atom is -0.323 e. The lowest BCUT2D eigenvalue weighted by Crippen LogP contribution is -2.13. The first-order valence-electron chi connectivity index (χ1n) is 6.71. The van der Waals surface area contributed by atoms with Crippen LogP contribution >= 0.6 is 11.8 Å². The molecule has 0 aliphatic heterocycles. The Morgan fingerprint density at radius 3 is 2.67 bits per heavy atom. The van der Waals surface area contributed by atoms with Crippen LogP contribution in [0.5, 0.6) is 0 Å². The Kier molecular flexibility index (Phi) is 4.18. The van der Waals surface area contributed by atoms with Crippen LogP contribution in [0.3, 0.4) is 0 Å². The van der Waals surface area contributed by atoms with Gasteiger partial charge in [0.1, 0.15) is 5.82 Å². The lowest BCUT2D eigenvalue weighted by atomic mass is 10.0. The molecule has 0 aliphatic carbocycles. The molecule has 0 radical (unpaired) electrons. The van der Waals surface area contributed by atoms with Crippen molar-refractivity contribution in [3.63, 3.8) is 0 Å². The van der Waals surface area contributed by atoms with Crippen LogP contribution in [0.25, 0.3) is 10.9 Å². The molecule has 1 heterocycles. The van der Waals surface area contributed by atoms with E-state index in [2.05, 4.69) is 4.98 Å². The number of benzene rings is 2. The second-order valence-electron chi connectivity index (χ2n) is 4.79. The first kappa shape index (κ1) is 14.0. The molecule has 0 saturated heterocycles. The molecule has 2 N–H and O–H groups in total. The van der Waals surface area contributed by atoms with Gasteiger partial charge in [0.05, 0.1) is 5.52 Å². The van der Waals surface area contributed by atoms with Gasteiger partial charge in [-0.05, 0) is 42.0 Å². The van der Waals surface area contributed by atoms with E-state index in [-0.39, 0.29) is 11.9 Å². The minimum absolute atomic E-state index is 0.0899. The summed E-state index contributed by atoms with van der Waals surface area (Å²) in [6.45, 7) is 0. The average Bonchev–Trinajstić information content (AvgIpc) is 2.53. The van der Waals surface area contributed by atoms with E-state index in [9.17, 15) is 4.39 Å². The summed E-state index contributed by atoms with van der Waals surface area (Å²) >= 11 is 1.63. The van der Waals surface area contributed by atoms with Gasteiger partial charge in [0.15, 0.2) is 0 Å². The van der Waals surface area contributed by atoms with Gasteiger partial charge >= 0.3 is 0 Å². The zero-order valence-electron chi connectivity index (χ0n) is 11.4. The molecule has 0 spiro atoms. The van der Waals surface area contributed by atoms with Crippen LogP contribution < -0.4 is 5.73 Å². The van der Waals surface area contributed by atoms with Crippen molar-refractivity contribution in [3.8, 4) is 0 Å². The third-order valence-corrected chi connectivity index (χ3v) is 4.45. The summed E-state index contributed by atoms with van der Waals surface area (Å²) in [6, 6.07) is 16.4. The summed E-state index contributed by atoms with van der Waals surface area (Å²) < 4.78 is 12.9. The summed E-state index contributed by atoms with van der Waals surface area (Å²) in [7, 11) is 0. The van der Waals surface area contributed by atoms with Gasteiger partial charge in [-0.1, -0.05) is 18.2 Å². The Hall–Kier alpha value is -1.91. The highest BCUT2D eigenvalue weighted by Gasteiger charge is 2.10. The molecule has 4 heteroatoms. The summed E-state index contributed by atoms with van der Waals surface area (Å²) in [5.74, 6) is 0.517. The van der Waals surface area contributed by atoms with E-state index in [1.54, 1.807) is 30.1 Å². The molecule has 1 unspecified atom stereocenters. The molecule has 3 rings (SSSR count). The molecule has 3 aromatic rings. The number of fused-ring (bicyclic) bond motifs is 1. The van der Waals surface area contributed by atoms with Crippen LogP contribution in [0.4, 0.5) is 4.39 Å². The molecule has 0 fully saturated rings. The van der Waals surface area contributed by atoms with E-state index in [1.165, 1.54) is 12.1 Å². The van der Waals surface area contributed by atoms with Crippen LogP contribution in [0.1, 0.15) is 11.6 Å². The van der Waals surface area contributed by atoms with Crippen LogP contribution in [0.15, 0.2) is 65.7 Å². The zero-order valence-corrected chi connectivity index (χ0v) is 12.2. The smallest absolute Gasteiger partial charge is 0.123 e. The average molecular weight is 298 g/mol. The monoisotopic (exact) mass is 298 g/mol. The van der Waals surface area contributed by atoms with Crippen LogP contribution in [-0.2, 0) is 0 Å². The standard InChI is InChI=1S/C17H15FN2S/c18-12-6-8-13(9-7-12)21-11-16(19)14-3-1-5-17-15(14)4-2-10-20-17/h1-10,16H,11,19H2. The number of halogens is 1. The number of aromatic nitrogens is 1. The van der Waals surface area contributed by atoms with E-state index in [0.29, 0.717) is 0 Å². The number of thioether (sulfide) groups is 1. The van der Waals surface area contributed by atoms with E-state index in [1.807, 2.05) is 30.3 Å². The second-order valence-corrected chi connectivity index (χ2v) is 5.88. The van der Waals surface area contributed by atoms with Crippen molar-refractivity contribution in [3.05, 3.63) is 72.2 Å². The molecule has 1 atom stereocenters. The Balaban J connectivity index is 1.78. The molecule has 106 valence electrons. The normalized spacial score (nSPS) is 12.5. The van der Waals surface area contributed by atoms with E-state index < -0.39 is 0 Å². The Labute approximate surface area is 127 Å². The molecule has 0 amide bonds. The fourth-order valence-corrected chi connectivity index (χ4v) is 3.14. The molecule has 21 heavy (non-hydrogen) atoms. The first-order valence-corrected chi connectivity index (χ1v) is 7.70. The maximum absolute atomic E-state index is 12.9. The van der Waals surface area contributed by atoms with Gasteiger partial charge < -0.3 is 5.73 Å². The fraction of sp³-hybridized carbons (Fsp3) is 0.118. The van der Waals surface area contributed by atoms with Gasteiger partial charge in [0.25, 0.3) is 0 Å². The number of hydrogen-bond donors (Lipinski definition) is 1. The third-order valence-electron chi connectivity index (χ3n) is 3.32. The summed E-state index contributed by atoms with van der Waals surface area (Å²) in [5, 5.41) is 1.09. The lowest BCUT2D eigenvalue weighted by Gasteiger charge is -2.14. The van der Waals surface area contributed by atoms with Gasteiger partial charge in [0.2, 0.25) is 0 Å². The molecule has 0 aliphatic rings. The van der Waals surface area contributed by atoms with Gasteiger partial charge in [-0.3, -0.25) is 4.98 Å². The molecule has 2 aromatic carbocycles. The molecular weight excluding hydrogens is 283 g/mol. The van der Waals surface area contributed by atoms with Crippen molar-refractivity contribution >= 4 is 22.7 Å². The highest BCUT2D eigenvalue weighted by Crippen LogP contribution is 2.27. The van der Waals surface area contributed by atoms with Gasteiger partial charge in [-0.15, -0.1) is 11.8 Å². The Morgan fingerprint density at radius 2 is 1.86 bits per heavy atom. The molecule has 0 saturated carbocycles. The molecule has 1 aromatic heterocycles.